The highest BCUT2D eigenvalue weighted by Crippen LogP contribution is 2.10. The topological polar surface area (TPSA) is 88.0 Å². The molecule has 0 aromatic carbocycles. The Hall–Kier alpha value is -1.15. The van der Waals surface area contributed by atoms with Gasteiger partial charge in [-0.15, -0.1) is 0 Å². The van der Waals surface area contributed by atoms with Gasteiger partial charge in [0.05, 0.1) is 5.75 Å². The maximum absolute atomic E-state index is 10.7. The summed E-state index contributed by atoms with van der Waals surface area (Å²) < 4.78 is 0.849. The van der Waals surface area contributed by atoms with Crippen molar-refractivity contribution in [2.75, 3.05) is 0 Å². The standard InChI is InChI=1S/C6H7N3O3S2/c1-3(10)14-2-4-7-8-5(13)9(4)6(11)12/h2H2,1H3,(H,8,13)(H,11,12). The van der Waals surface area contributed by atoms with Crippen molar-refractivity contribution in [3.8, 4) is 0 Å². The monoisotopic (exact) mass is 233 g/mol. The normalized spacial score (nSPS) is 10.1. The molecule has 1 heterocycles. The highest BCUT2D eigenvalue weighted by Gasteiger charge is 2.12. The lowest BCUT2D eigenvalue weighted by molar-refractivity contribution is -0.109. The van der Waals surface area contributed by atoms with Gasteiger partial charge in [0.25, 0.3) is 0 Å². The van der Waals surface area contributed by atoms with Crippen LogP contribution in [0.3, 0.4) is 0 Å². The molecule has 0 aliphatic heterocycles. The first kappa shape index (κ1) is 10.9. The third-order valence-electron chi connectivity index (χ3n) is 1.34. The summed E-state index contributed by atoms with van der Waals surface area (Å²) in [6.07, 6.45) is -1.21. The van der Waals surface area contributed by atoms with Crippen LogP contribution in [-0.4, -0.2) is 31.1 Å². The third-order valence-corrected chi connectivity index (χ3v) is 2.42. The number of nitrogens with one attached hydrogen (secondary N) is 1. The van der Waals surface area contributed by atoms with Crippen molar-refractivity contribution in [3.05, 3.63) is 10.6 Å². The molecular formula is C6H7N3O3S2. The Kier molecular flexibility index (Phi) is 3.42. The van der Waals surface area contributed by atoms with Gasteiger partial charge in [-0.3, -0.25) is 9.89 Å². The lowest BCUT2D eigenvalue weighted by Crippen LogP contribution is -2.11. The van der Waals surface area contributed by atoms with E-state index in [1.54, 1.807) is 0 Å². The van der Waals surface area contributed by atoms with Gasteiger partial charge in [-0.25, -0.2) is 9.36 Å². The summed E-state index contributed by atoms with van der Waals surface area (Å²) in [5.41, 5.74) is 0. The molecule has 0 radical (unpaired) electrons. The van der Waals surface area contributed by atoms with Gasteiger partial charge < -0.3 is 5.11 Å². The van der Waals surface area contributed by atoms with Crippen LogP contribution >= 0.6 is 24.0 Å². The molecule has 0 atom stereocenters. The van der Waals surface area contributed by atoms with Crippen molar-refractivity contribution in [1.29, 1.82) is 0 Å². The Morgan fingerprint density at radius 2 is 2.36 bits per heavy atom. The first-order valence-corrected chi connectivity index (χ1v) is 4.94. The van der Waals surface area contributed by atoms with E-state index in [-0.39, 0.29) is 21.5 Å². The van der Waals surface area contributed by atoms with E-state index in [1.807, 2.05) is 0 Å². The molecule has 0 amide bonds. The van der Waals surface area contributed by atoms with Crippen molar-refractivity contribution in [2.24, 2.45) is 0 Å². The Bertz CT molecular complexity index is 422. The van der Waals surface area contributed by atoms with Crippen LogP contribution in [0.1, 0.15) is 12.7 Å². The Morgan fingerprint density at radius 1 is 1.71 bits per heavy atom. The number of hydrogen-bond donors (Lipinski definition) is 2. The number of thioether (sulfide) groups is 1. The van der Waals surface area contributed by atoms with Crippen molar-refractivity contribution >= 4 is 35.2 Å². The van der Waals surface area contributed by atoms with Crippen LogP contribution in [0.5, 0.6) is 0 Å². The minimum absolute atomic E-state index is 0.0108. The summed E-state index contributed by atoms with van der Waals surface area (Å²) in [5, 5.41) is 14.7. The van der Waals surface area contributed by atoms with Crippen LogP contribution < -0.4 is 0 Å². The van der Waals surface area contributed by atoms with E-state index in [4.69, 9.17) is 17.3 Å². The molecule has 1 aromatic heterocycles. The molecule has 0 saturated carbocycles. The van der Waals surface area contributed by atoms with Crippen LogP contribution in [0.2, 0.25) is 0 Å². The van der Waals surface area contributed by atoms with Crippen LogP contribution in [0, 0.1) is 4.77 Å². The lowest BCUT2D eigenvalue weighted by Gasteiger charge is -1.97. The fraction of sp³-hybridized carbons (Fsp3) is 0.333. The smallest absolute Gasteiger partial charge is 0.419 e. The molecule has 0 spiro atoms. The molecule has 2 N–H and O–H groups in total. The van der Waals surface area contributed by atoms with Gasteiger partial charge in [0.15, 0.2) is 10.9 Å². The SMILES string of the molecule is CC(=O)SCc1n[nH]c(=S)n1C(=O)O. The Labute approximate surface area is 88.3 Å². The molecule has 14 heavy (non-hydrogen) atoms. The average molecular weight is 233 g/mol. The van der Waals surface area contributed by atoms with E-state index in [9.17, 15) is 9.59 Å². The van der Waals surface area contributed by atoms with Crippen LogP contribution in [0.25, 0.3) is 0 Å². The van der Waals surface area contributed by atoms with Gasteiger partial charge in [-0.05, 0) is 12.2 Å². The van der Waals surface area contributed by atoms with Crippen LogP contribution in [-0.2, 0) is 10.5 Å². The Morgan fingerprint density at radius 3 is 2.86 bits per heavy atom. The summed E-state index contributed by atoms with van der Waals surface area (Å²) in [6.45, 7) is 1.40. The molecule has 1 aromatic rings. The van der Waals surface area contributed by atoms with Crippen LogP contribution in [0.15, 0.2) is 0 Å². The van der Waals surface area contributed by atoms with Gasteiger partial charge in [0, 0.05) is 6.92 Å². The number of H-pyrrole nitrogens is 1. The molecule has 0 aliphatic rings. The average Bonchev–Trinajstić information content (AvgIpc) is 2.43. The number of carboxylic acid groups (broad SMARTS) is 1. The molecule has 0 fully saturated rings. The summed E-state index contributed by atoms with van der Waals surface area (Å²) >= 11 is 5.68. The molecular weight excluding hydrogens is 226 g/mol. The molecule has 1 rings (SSSR count). The molecule has 6 nitrogen and oxygen atoms in total. The second kappa shape index (κ2) is 4.38. The molecule has 0 aliphatic carbocycles. The molecule has 0 bridgehead atoms. The number of carbonyl (C=O) groups is 2. The minimum Gasteiger partial charge on any atom is -0.464 e. The van der Waals surface area contributed by atoms with Crippen LogP contribution in [0.4, 0.5) is 4.79 Å². The van der Waals surface area contributed by atoms with Crippen molar-refractivity contribution < 1.29 is 14.7 Å². The zero-order valence-corrected chi connectivity index (χ0v) is 8.81. The van der Waals surface area contributed by atoms with Gasteiger partial charge in [0.1, 0.15) is 0 Å². The summed E-state index contributed by atoms with van der Waals surface area (Å²) in [7, 11) is 0. The van der Waals surface area contributed by atoms with Crippen molar-refractivity contribution in [3.63, 3.8) is 0 Å². The Balaban J connectivity index is 2.92. The number of hydrogen-bond acceptors (Lipinski definition) is 5. The maximum atomic E-state index is 10.7. The van der Waals surface area contributed by atoms with E-state index in [1.165, 1.54) is 6.92 Å². The molecule has 0 unspecified atom stereocenters. The van der Waals surface area contributed by atoms with Gasteiger partial charge in [-0.1, -0.05) is 11.8 Å². The summed E-state index contributed by atoms with van der Waals surface area (Å²) in [4.78, 5) is 21.3. The predicted octanol–water partition coefficient (Wildman–Crippen LogP) is 1.25. The number of aromatic nitrogens is 3. The molecule has 8 heteroatoms. The zero-order valence-electron chi connectivity index (χ0n) is 7.18. The third kappa shape index (κ3) is 2.42. The maximum Gasteiger partial charge on any atom is 0.419 e. The number of rotatable bonds is 2. The second-order valence-electron chi connectivity index (χ2n) is 2.34. The van der Waals surface area contributed by atoms with Gasteiger partial charge in [0.2, 0.25) is 4.77 Å². The number of carbonyl (C=O) groups excluding carboxylic acids is 1. The van der Waals surface area contributed by atoms with E-state index in [0.29, 0.717) is 0 Å². The number of aromatic amines is 1. The van der Waals surface area contributed by atoms with Gasteiger partial charge >= 0.3 is 6.09 Å². The first-order chi connectivity index (χ1) is 6.52. The molecule has 76 valence electrons. The zero-order chi connectivity index (χ0) is 10.7. The lowest BCUT2D eigenvalue weighted by atomic mass is 10.7. The first-order valence-electron chi connectivity index (χ1n) is 3.55. The fourth-order valence-electron chi connectivity index (χ4n) is 0.790. The highest BCUT2D eigenvalue weighted by molar-refractivity contribution is 8.12. The van der Waals surface area contributed by atoms with E-state index >= 15 is 0 Å². The van der Waals surface area contributed by atoms with E-state index < -0.39 is 6.09 Å². The highest BCUT2D eigenvalue weighted by atomic mass is 32.2. The van der Waals surface area contributed by atoms with E-state index in [0.717, 1.165) is 16.3 Å². The predicted molar refractivity (Wildman–Crippen MR) is 52.8 cm³/mol. The fourth-order valence-corrected chi connectivity index (χ4v) is 1.54. The summed E-state index contributed by atoms with van der Waals surface area (Å²) in [5.74, 6) is 0.414. The summed E-state index contributed by atoms with van der Waals surface area (Å²) in [6, 6.07) is 0. The second-order valence-corrected chi connectivity index (χ2v) is 3.88. The number of nitrogens with zero attached hydrogens (tertiary/aromatic N) is 2. The van der Waals surface area contributed by atoms with Crippen molar-refractivity contribution in [1.82, 2.24) is 14.8 Å². The van der Waals surface area contributed by atoms with Crippen molar-refractivity contribution in [2.45, 2.75) is 12.7 Å². The van der Waals surface area contributed by atoms with Gasteiger partial charge in [-0.2, -0.15) is 5.10 Å². The quantitative estimate of drug-likeness (QED) is 0.747. The largest absolute Gasteiger partial charge is 0.464 e. The van der Waals surface area contributed by atoms with E-state index in [2.05, 4.69) is 10.2 Å². The molecule has 0 saturated heterocycles. The minimum atomic E-state index is -1.21.